The summed E-state index contributed by atoms with van der Waals surface area (Å²) in [6.07, 6.45) is -0.433. The van der Waals surface area contributed by atoms with Crippen molar-refractivity contribution < 1.29 is 73.5 Å². The quantitative estimate of drug-likeness (QED) is 0.0654. The molecule has 0 saturated carbocycles. The first-order valence-corrected chi connectivity index (χ1v) is 42.2. The molecule has 5 aliphatic heterocycles. The Morgan fingerprint density at radius 1 is 0.377 bits per heavy atom. The predicted molar refractivity (Wildman–Crippen MR) is 497 cm³/mol. The molecule has 122 heavy (non-hydrogen) atoms. The number of amides is 2. The summed E-state index contributed by atoms with van der Waals surface area (Å²) in [5.41, 5.74) is 10.7. The van der Waals surface area contributed by atoms with Gasteiger partial charge in [-0.3, -0.25) is 0 Å². The fourth-order valence-electron chi connectivity index (χ4n) is 13.6. The van der Waals surface area contributed by atoms with Gasteiger partial charge in [-0.2, -0.15) is 0 Å². The minimum atomic E-state index is -0.975. The maximum absolute atomic E-state index is 12.0. The standard InChI is InChI=1S/C26H23ClN4O2.C25H21ClN4O2.C15H21ClN2O2.C10H13ClN2.C9H18N2O2.C6H4BrCl.CH4.Na.H2O/c1-33-26(32)19-10-11-22-23(16-19)29-25(24(28-22)18-6-3-2-4-7-18)31-14-12-30(13-15-31)21-9-5-8-20(27)17-21;26-19-7-4-8-20(16-19)29-11-13-30(14-12-29)24-23(17-5-2-1-3-6-17)27-21-10-9-18(25(31)32)15-22(21)28-24;1-15(2,3)20-14(19)18-9-7-17(8-10-18)13-6-4-5-12(16)11-13;11-9-2-1-3-10(8-9)13-6-4-12-5-7-13;1-9(2,3)13-8(12)11-6-4-10-5-7-11;7-5-2-1-3-6(8)4-5;;;/h2-11,16-17H,12-15H2,1H3;1-10,15-16H,11-14H2,(H,31,32);4-6,11H,7-10H2,1-3H3;1-3,8,12H,4-7H2;10H,4-7H2,1-3H3;1-4H;1H4;;1H2/q;;;;;;;+1;/p-1. The summed E-state index contributed by atoms with van der Waals surface area (Å²) in [7, 11) is 1.38. The van der Waals surface area contributed by atoms with Gasteiger partial charge in [-0.1, -0.05) is 172 Å². The molecule has 30 heteroatoms. The van der Waals surface area contributed by atoms with Crippen LogP contribution in [0.3, 0.4) is 0 Å². The molecular weight excluding hydrogens is 1730 g/mol. The number of carboxylic acid groups (broad SMARTS) is 1. The molecule has 4 N–H and O–H groups in total. The Kier molecular flexibility index (Phi) is 38.3. The largest absolute Gasteiger partial charge is 1.00 e. The van der Waals surface area contributed by atoms with E-state index in [9.17, 15) is 24.3 Å². The van der Waals surface area contributed by atoms with E-state index in [1.165, 1.54) is 12.8 Å². The van der Waals surface area contributed by atoms with Gasteiger partial charge in [-0.05, 0) is 169 Å². The second-order valence-electron chi connectivity index (χ2n) is 30.4. The van der Waals surface area contributed by atoms with Crippen LogP contribution in [-0.2, 0) is 14.2 Å². The van der Waals surface area contributed by atoms with Gasteiger partial charge in [0, 0.05) is 194 Å². The molecule has 11 aromatic rings. The van der Waals surface area contributed by atoms with Gasteiger partial charge in [0.2, 0.25) is 0 Å². The van der Waals surface area contributed by atoms with Crippen molar-refractivity contribution in [1.82, 2.24) is 40.4 Å². The van der Waals surface area contributed by atoms with Crippen molar-refractivity contribution in [2.75, 3.05) is 167 Å². The maximum Gasteiger partial charge on any atom is 1.00 e. The maximum atomic E-state index is 12.0. The number of carbonyl (C=O) groups excluding carboxylic acids is 3. The Morgan fingerprint density at radius 3 is 1.03 bits per heavy atom. The summed E-state index contributed by atoms with van der Waals surface area (Å²) in [5.74, 6) is 0.235. The van der Waals surface area contributed by atoms with E-state index in [1.807, 2.05) is 211 Å². The summed E-state index contributed by atoms with van der Waals surface area (Å²) in [5, 5.41) is 19.7. The van der Waals surface area contributed by atoms with Gasteiger partial charge in [0.15, 0.2) is 11.6 Å². The number of halogens is 6. The number of anilines is 6. The van der Waals surface area contributed by atoms with E-state index >= 15 is 0 Å². The van der Waals surface area contributed by atoms with E-state index < -0.39 is 11.6 Å². The Labute approximate surface area is 771 Å². The number of fused-ring (bicyclic) bond motifs is 2. The van der Waals surface area contributed by atoms with Gasteiger partial charge in [0.25, 0.3) is 0 Å². The Morgan fingerprint density at radius 2 is 0.697 bits per heavy atom. The van der Waals surface area contributed by atoms with E-state index in [-0.39, 0.29) is 71.8 Å². The molecular formula is C92H105BrCl5N14NaO9. The van der Waals surface area contributed by atoms with Gasteiger partial charge < -0.3 is 74.6 Å². The molecule has 0 spiro atoms. The summed E-state index contributed by atoms with van der Waals surface area (Å²) < 4.78 is 16.5. The molecule has 0 aliphatic carbocycles. The molecule has 7 heterocycles. The number of hydrogen-bond acceptors (Lipinski definition) is 20. The summed E-state index contributed by atoms with van der Waals surface area (Å²) in [6.45, 7) is 28.1. The van der Waals surface area contributed by atoms with Crippen LogP contribution in [0.2, 0.25) is 25.1 Å². The van der Waals surface area contributed by atoms with Crippen molar-refractivity contribution in [3.05, 3.63) is 259 Å². The first-order chi connectivity index (χ1) is 57.2. The zero-order chi connectivity index (χ0) is 84.6. The van der Waals surface area contributed by atoms with Crippen molar-refractivity contribution in [1.29, 1.82) is 0 Å². The van der Waals surface area contributed by atoms with Gasteiger partial charge in [0.1, 0.15) is 22.6 Å². The fourth-order valence-corrected chi connectivity index (χ4v) is 15.0. The Bertz CT molecular complexity index is 5190. The topological polar surface area (TPSA) is 248 Å². The number of nitrogens with one attached hydrogen (secondary N) is 2. The van der Waals surface area contributed by atoms with Crippen molar-refractivity contribution in [2.24, 2.45) is 0 Å². The molecule has 2 aromatic heterocycles. The van der Waals surface area contributed by atoms with Gasteiger partial charge >= 0.3 is 53.7 Å². The number of piperazine rings is 5. The molecule has 2 amide bonds. The summed E-state index contributed by atoms with van der Waals surface area (Å²) >= 11 is 33.2. The van der Waals surface area contributed by atoms with Crippen LogP contribution in [0.4, 0.5) is 44.0 Å². The average Bonchev–Trinajstić information content (AvgIpc) is 0.776. The van der Waals surface area contributed by atoms with E-state index in [2.05, 4.69) is 74.2 Å². The molecule has 0 atom stereocenters. The fraction of sp³-hybridized carbons (Fsp3) is 0.326. The molecule has 0 radical (unpaired) electrons. The van der Waals surface area contributed by atoms with Crippen LogP contribution in [0.15, 0.2) is 223 Å². The third-order valence-electron chi connectivity index (χ3n) is 19.5. The van der Waals surface area contributed by atoms with Crippen LogP contribution in [0.1, 0.15) is 69.7 Å². The van der Waals surface area contributed by atoms with Crippen LogP contribution in [0.25, 0.3) is 44.6 Å². The van der Waals surface area contributed by atoms with Crippen LogP contribution >= 0.6 is 73.9 Å². The van der Waals surface area contributed by atoms with Crippen molar-refractivity contribution >= 4 is 155 Å². The molecule has 0 unspecified atom stereocenters. The monoisotopic (exact) mass is 1830 g/mol. The van der Waals surface area contributed by atoms with Crippen molar-refractivity contribution in [2.45, 2.75) is 60.2 Å². The minimum absolute atomic E-state index is 0. The van der Waals surface area contributed by atoms with Crippen LogP contribution < -0.4 is 69.6 Å². The number of esters is 1. The number of ether oxygens (including phenoxy) is 3. The normalized spacial score (nSPS) is 14.5. The molecule has 16 rings (SSSR count). The number of nitrogens with zero attached hydrogens (tertiary/aromatic N) is 12. The van der Waals surface area contributed by atoms with Crippen molar-refractivity contribution in [3.63, 3.8) is 0 Å². The minimum Gasteiger partial charge on any atom is -0.870 e. The number of carboxylic acids is 1. The number of aromatic nitrogens is 4. The third-order valence-corrected chi connectivity index (χ3v) is 21.2. The SMILES string of the molecule is C.CC(C)(C)OC(=O)N1CCN(c2cccc(Cl)c2)CC1.CC(C)(C)OC(=O)N1CCNCC1.COC(=O)c1ccc2nc(-c3ccccc3)c(N3CCN(c4cccc(Cl)c4)CC3)nc2c1.Clc1cccc(Br)c1.Clc1cccc(N2CCNCC2)c1.O=C(O)c1ccc2nc(-c3ccccc3)c(N3CCN(c4cccc(Cl)c4)CC3)nc2c1.[Na+].[OH-]. The van der Waals surface area contributed by atoms with E-state index in [0.717, 1.165) is 204 Å². The van der Waals surface area contributed by atoms with Crippen molar-refractivity contribution in [3.8, 4) is 22.5 Å². The van der Waals surface area contributed by atoms with Crippen LogP contribution in [-0.4, -0.2) is 214 Å². The van der Waals surface area contributed by atoms with E-state index in [1.54, 1.807) is 40.1 Å². The number of benzene rings is 9. The number of carbonyl (C=O) groups is 4. The number of rotatable bonds is 10. The van der Waals surface area contributed by atoms with Crippen LogP contribution in [0, 0.1) is 0 Å². The number of hydrogen-bond donors (Lipinski definition) is 3. The third kappa shape index (κ3) is 29.5. The van der Waals surface area contributed by atoms with E-state index in [0.29, 0.717) is 35.2 Å². The Balaban J connectivity index is 0.000000192. The summed E-state index contributed by atoms with van der Waals surface area (Å²) in [4.78, 5) is 83.8. The smallest absolute Gasteiger partial charge is 0.870 e. The number of aromatic carboxylic acids is 1. The molecule has 9 aromatic carbocycles. The second kappa shape index (κ2) is 47.6. The molecule has 5 fully saturated rings. The molecule has 0 bridgehead atoms. The summed E-state index contributed by atoms with van der Waals surface area (Å²) in [6, 6.07) is 69.4. The zero-order valence-corrected chi connectivity index (χ0v) is 76.7. The van der Waals surface area contributed by atoms with Gasteiger partial charge in [-0.15, -0.1) is 0 Å². The Hall–Kier alpha value is -9.25. The van der Waals surface area contributed by atoms with Gasteiger partial charge in [0.05, 0.1) is 40.3 Å². The molecule has 5 saturated heterocycles. The second-order valence-corrected chi connectivity index (χ2v) is 33.5. The van der Waals surface area contributed by atoms with Crippen LogP contribution in [0.5, 0.6) is 0 Å². The average molecular weight is 1830 g/mol. The molecule has 640 valence electrons. The first-order valence-electron chi connectivity index (χ1n) is 39.6. The van der Waals surface area contributed by atoms with Gasteiger partial charge in [-0.25, -0.2) is 39.1 Å². The van der Waals surface area contributed by atoms with E-state index in [4.69, 9.17) is 92.2 Å². The first kappa shape index (κ1) is 98.2. The predicted octanol–water partition coefficient (Wildman–Crippen LogP) is 16.6. The zero-order valence-electron chi connectivity index (χ0n) is 69.3. The molecule has 5 aliphatic rings. The number of methoxy groups -OCH3 is 1. The molecule has 23 nitrogen and oxygen atoms in total.